The molecule has 0 unspecified atom stereocenters. The third-order valence-electron chi connectivity index (χ3n) is 1.71. The molecule has 0 saturated carbocycles. The zero-order chi connectivity index (χ0) is 7.94. The molecule has 11 heavy (non-hydrogen) atoms. The van der Waals surface area contributed by atoms with Crippen molar-refractivity contribution in [2.75, 3.05) is 39.4 Å². The van der Waals surface area contributed by atoms with Gasteiger partial charge in [0.2, 0.25) is 0 Å². The minimum absolute atomic E-state index is 0.684. The summed E-state index contributed by atoms with van der Waals surface area (Å²) in [6.45, 7) is 5.25. The van der Waals surface area contributed by atoms with Crippen molar-refractivity contribution < 1.29 is 4.74 Å². The monoisotopic (exact) mass is 155 g/mol. The molecule has 4 nitrogen and oxygen atoms in total. The fraction of sp³-hybridized carbons (Fsp3) is 0.857. The quantitative estimate of drug-likeness (QED) is 0.586. The molecule has 62 valence electrons. The minimum Gasteiger partial charge on any atom is -0.379 e. The van der Waals surface area contributed by atoms with Gasteiger partial charge in [-0.2, -0.15) is 0 Å². The lowest BCUT2D eigenvalue weighted by atomic mass is 10.4. The number of rotatable bonds is 3. The second-order valence-corrected chi connectivity index (χ2v) is 2.45. The molecule has 0 aromatic carbocycles. The summed E-state index contributed by atoms with van der Waals surface area (Å²) >= 11 is 0. The first-order valence-electron chi connectivity index (χ1n) is 3.82. The highest BCUT2D eigenvalue weighted by Crippen LogP contribution is 1.94. The van der Waals surface area contributed by atoms with Gasteiger partial charge in [0.15, 0.2) is 0 Å². The molecule has 0 amide bonds. The normalized spacial score (nSPS) is 19.3. The number of aliphatic imine (C=N–C) groups is 1. The Balaban J connectivity index is 2.09. The first kappa shape index (κ1) is 8.40. The molecule has 0 aromatic rings. The Morgan fingerprint density at radius 3 is 2.82 bits per heavy atom. The largest absolute Gasteiger partial charge is 0.379 e. The van der Waals surface area contributed by atoms with Crippen molar-refractivity contribution in [3.63, 3.8) is 0 Å². The molecule has 0 atom stereocenters. The highest BCUT2D eigenvalue weighted by molar-refractivity contribution is 5.35. The van der Waals surface area contributed by atoms with Crippen LogP contribution in [-0.2, 0) is 4.74 Å². The van der Waals surface area contributed by atoms with E-state index in [0.717, 1.165) is 32.8 Å². The minimum atomic E-state index is 0.684. The molecule has 1 aliphatic heterocycles. The van der Waals surface area contributed by atoms with Gasteiger partial charge in [0.1, 0.15) is 0 Å². The van der Waals surface area contributed by atoms with E-state index in [2.05, 4.69) is 9.89 Å². The summed E-state index contributed by atoms with van der Waals surface area (Å²) in [6, 6.07) is 2.02. The van der Waals surface area contributed by atoms with Crippen molar-refractivity contribution in [2.45, 2.75) is 0 Å². The SMILES string of the molecule is N=C=NCCN1CCOCC1. The van der Waals surface area contributed by atoms with Gasteiger partial charge in [-0.3, -0.25) is 4.90 Å². The lowest BCUT2D eigenvalue weighted by Crippen LogP contribution is -2.37. The highest BCUT2D eigenvalue weighted by atomic mass is 16.5. The summed E-state index contributed by atoms with van der Waals surface area (Å²) in [7, 11) is 0. The van der Waals surface area contributed by atoms with Crippen LogP contribution in [0.3, 0.4) is 0 Å². The van der Waals surface area contributed by atoms with E-state index in [1.54, 1.807) is 0 Å². The molecule has 0 aromatic heterocycles. The van der Waals surface area contributed by atoms with Gasteiger partial charge in [-0.25, -0.2) is 10.4 Å². The Kier molecular flexibility index (Phi) is 3.83. The lowest BCUT2D eigenvalue weighted by Gasteiger charge is -2.25. The van der Waals surface area contributed by atoms with Crippen molar-refractivity contribution in [1.82, 2.24) is 4.90 Å². The molecule has 0 aliphatic carbocycles. The average molecular weight is 155 g/mol. The number of morpholine rings is 1. The van der Waals surface area contributed by atoms with Crippen molar-refractivity contribution in [1.29, 1.82) is 5.41 Å². The molecule has 1 N–H and O–H groups in total. The van der Waals surface area contributed by atoms with Crippen LogP contribution < -0.4 is 0 Å². The van der Waals surface area contributed by atoms with Crippen LogP contribution in [0.4, 0.5) is 0 Å². The predicted octanol–water partition coefficient (Wildman–Crippen LogP) is 0.0713. The van der Waals surface area contributed by atoms with E-state index >= 15 is 0 Å². The molecule has 0 radical (unpaired) electrons. The topological polar surface area (TPSA) is 48.7 Å². The Morgan fingerprint density at radius 1 is 1.45 bits per heavy atom. The maximum Gasteiger partial charge on any atom is 0.0862 e. The van der Waals surface area contributed by atoms with E-state index in [4.69, 9.17) is 10.1 Å². The first-order chi connectivity index (χ1) is 5.43. The number of hydrogen-bond donors (Lipinski definition) is 1. The van der Waals surface area contributed by atoms with Crippen LogP contribution >= 0.6 is 0 Å². The highest BCUT2D eigenvalue weighted by Gasteiger charge is 2.08. The average Bonchev–Trinajstić information content (AvgIpc) is 2.07. The molecular weight excluding hydrogens is 142 g/mol. The predicted molar refractivity (Wildman–Crippen MR) is 42.3 cm³/mol. The van der Waals surface area contributed by atoms with Crippen molar-refractivity contribution in [3.8, 4) is 0 Å². The third-order valence-corrected chi connectivity index (χ3v) is 1.71. The van der Waals surface area contributed by atoms with Crippen LogP contribution in [0, 0.1) is 5.41 Å². The van der Waals surface area contributed by atoms with E-state index < -0.39 is 0 Å². The summed E-state index contributed by atoms with van der Waals surface area (Å²) < 4.78 is 5.18. The third kappa shape index (κ3) is 3.28. The van der Waals surface area contributed by atoms with E-state index in [-0.39, 0.29) is 0 Å². The number of nitrogens with one attached hydrogen (secondary N) is 1. The first-order valence-corrected chi connectivity index (χ1v) is 3.82. The zero-order valence-electron chi connectivity index (χ0n) is 6.55. The Bertz CT molecular complexity index is 148. The van der Waals surface area contributed by atoms with Crippen molar-refractivity contribution in [2.24, 2.45) is 4.99 Å². The second-order valence-electron chi connectivity index (χ2n) is 2.45. The van der Waals surface area contributed by atoms with Gasteiger partial charge in [-0.15, -0.1) is 0 Å². The molecule has 0 bridgehead atoms. The maximum atomic E-state index is 6.56. The van der Waals surface area contributed by atoms with Gasteiger partial charge in [0, 0.05) is 19.6 Å². The maximum absolute atomic E-state index is 6.56. The molecule has 1 heterocycles. The summed E-state index contributed by atoms with van der Waals surface area (Å²) in [4.78, 5) is 5.98. The van der Waals surface area contributed by atoms with Crippen molar-refractivity contribution >= 4 is 6.01 Å². The fourth-order valence-corrected chi connectivity index (χ4v) is 1.07. The summed E-state index contributed by atoms with van der Waals surface area (Å²) in [5.41, 5.74) is 0. The van der Waals surface area contributed by atoms with Crippen LogP contribution in [0.15, 0.2) is 4.99 Å². The van der Waals surface area contributed by atoms with E-state index in [9.17, 15) is 0 Å². The Labute approximate surface area is 66.4 Å². The molecule has 1 saturated heterocycles. The van der Waals surface area contributed by atoms with Gasteiger partial charge in [0.25, 0.3) is 0 Å². The number of ether oxygens (including phenoxy) is 1. The second kappa shape index (κ2) is 5.02. The van der Waals surface area contributed by atoms with Crippen LogP contribution in [0.1, 0.15) is 0 Å². The Morgan fingerprint density at radius 2 is 2.18 bits per heavy atom. The zero-order valence-corrected chi connectivity index (χ0v) is 6.55. The lowest BCUT2D eigenvalue weighted by molar-refractivity contribution is 0.0395. The van der Waals surface area contributed by atoms with E-state index in [1.165, 1.54) is 0 Å². The number of nitrogens with zero attached hydrogens (tertiary/aromatic N) is 2. The van der Waals surface area contributed by atoms with Crippen LogP contribution in [0.2, 0.25) is 0 Å². The van der Waals surface area contributed by atoms with E-state index in [1.807, 2.05) is 6.01 Å². The molecule has 1 fully saturated rings. The molecule has 1 rings (SSSR count). The van der Waals surface area contributed by atoms with Crippen LogP contribution in [0.25, 0.3) is 0 Å². The fourth-order valence-electron chi connectivity index (χ4n) is 1.07. The summed E-state index contributed by atoms with van der Waals surface area (Å²) in [5.74, 6) is 0. The molecule has 0 spiro atoms. The van der Waals surface area contributed by atoms with Crippen LogP contribution in [0.5, 0.6) is 0 Å². The summed E-state index contributed by atoms with van der Waals surface area (Å²) in [6.07, 6.45) is 0. The van der Waals surface area contributed by atoms with Gasteiger partial charge >= 0.3 is 0 Å². The summed E-state index contributed by atoms with van der Waals surface area (Å²) in [5, 5.41) is 6.56. The Hall–Kier alpha value is -0.700. The molecular formula is C7H13N3O. The van der Waals surface area contributed by atoms with Gasteiger partial charge in [0.05, 0.1) is 25.8 Å². The van der Waals surface area contributed by atoms with Gasteiger partial charge < -0.3 is 4.74 Å². The number of hydrogen-bond acceptors (Lipinski definition) is 4. The van der Waals surface area contributed by atoms with Crippen LogP contribution in [-0.4, -0.2) is 50.3 Å². The van der Waals surface area contributed by atoms with Crippen molar-refractivity contribution in [3.05, 3.63) is 0 Å². The van der Waals surface area contributed by atoms with E-state index in [0.29, 0.717) is 6.54 Å². The standard InChI is InChI=1S/C7H13N3O/c8-7-9-1-2-10-3-5-11-6-4-10/h8H,1-6H2. The van der Waals surface area contributed by atoms with Gasteiger partial charge in [-0.1, -0.05) is 0 Å². The van der Waals surface area contributed by atoms with Gasteiger partial charge in [-0.05, 0) is 0 Å². The molecule has 4 heteroatoms. The molecule has 1 aliphatic rings. The smallest absolute Gasteiger partial charge is 0.0862 e.